The summed E-state index contributed by atoms with van der Waals surface area (Å²) in [5.74, 6) is 0. The highest BCUT2D eigenvalue weighted by molar-refractivity contribution is 5.34. The first-order valence-electron chi connectivity index (χ1n) is 6.97. The standard InChI is InChI=1S/C16H25NO/c1-12-7-8-13(2)14(11-12)15(17)16(18-3)9-5-4-6-10-16/h7-8,11,15H,4-6,9-10,17H2,1-3H3. The van der Waals surface area contributed by atoms with Crippen LogP contribution in [0.15, 0.2) is 18.2 Å². The molecule has 2 rings (SSSR count). The molecule has 18 heavy (non-hydrogen) atoms. The summed E-state index contributed by atoms with van der Waals surface area (Å²) in [6.45, 7) is 4.26. The largest absolute Gasteiger partial charge is 0.376 e. The van der Waals surface area contributed by atoms with E-state index in [4.69, 9.17) is 10.5 Å². The van der Waals surface area contributed by atoms with Crippen LogP contribution in [0.4, 0.5) is 0 Å². The van der Waals surface area contributed by atoms with Crippen molar-refractivity contribution in [3.8, 4) is 0 Å². The number of nitrogens with two attached hydrogens (primary N) is 1. The molecule has 100 valence electrons. The minimum Gasteiger partial charge on any atom is -0.376 e. The molecule has 1 aliphatic carbocycles. The second kappa shape index (κ2) is 5.41. The zero-order valence-electron chi connectivity index (χ0n) is 11.8. The van der Waals surface area contributed by atoms with Gasteiger partial charge in [-0.1, -0.05) is 43.0 Å². The van der Waals surface area contributed by atoms with Crippen molar-refractivity contribution in [2.24, 2.45) is 5.73 Å². The quantitative estimate of drug-likeness (QED) is 0.884. The second-order valence-electron chi connectivity index (χ2n) is 5.67. The van der Waals surface area contributed by atoms with Gasteiger partial charge in [0, 0.05) is 7.11 Å². The lowest BCUT2D eigenvalue weighted by Gasteiger charge is -2.41. The van der Waals surface area contributed by atoms with Crippen molar-refractivity contribution in [2.45, 2.75) is 57.6 Å². The van der Waals surface area contributed by atoms with Gasteiger partial charge >= 0.3 is 0 Å². The average Bonchev–Trinajstić information content (AvgIpc) is 2.41. The highest BCUT2D eigenvalue weighted by atomic mass is 16.5. The predicted octanol–water partition coefficient (Wildman–Crippen LogP) is 3.65. The van der Waals surface area contributed by atoms with E-state index in [1.54, 1.807) is 0 Å². The molecular weight excluding hydrogens is 222 g/mol. The van der Waals surface area contributed by atoms with Gasteiger partial charge in [-0.2, -0.15) is 0 Å². The molecule has 0 aliphatic heterocycles. The zero-order valence-corrected chi connectivity index (χ0v) is 11.8. The molecule has 1 atom stereocenters. The highest BCUT2D eigenvalue weighted by Crippen LogP contribution is 2.40. The maximum atomic E-state index is 6.56. The summed E-state index contributed by atoms with van der Waals surface area (Å²) in [5.41, 5.74) is 10.2. The van der Waals surface area contributed by atoms with Crippen LogP contribution in [0.5, 0.6) is 0 Å². The molecule has 0 bridgehead atoms. The Hall–Kier alpha value is -0.860. The lowest BCUT2D eigenvalue weighted by Crippen LogP contribution is -2.44. The van der Waals surface area contributed by atoms with E-state index >= 15 is 0 Å². The Kier molecular flexibility index (Phi) is 4.08. The van der Waals surface area contributed by atoms with E-state index in [1.807, 2.05) is 7.11 Å². The Morgan fingerprint density at radius 2 is 1.83 bits per heavy atom. The SMILES string of the molecule is COC1(C(N)c2cc(C)ccc2C)CCCCC1. The maximum Gasteiger partial charge on any atom is 0.0870 e. The van der Waals surface area contributed by atoms with Crippen molar-refractivity contribution >= 4 is 0 Å². The van der Waals surface area contributed by atoms with E-state index in [2.05, 4.69) is 32.0 Å². The molecule has 0 saturated heterocycles. The van der Waals surface area contributed by atoms with Crippen molar-refractivity contribution in [1.82, 2.24) is 0 Å². The topological polar surface area (TPSA) is 35.2 Å². The minimum absolute atomic E-state index is 0.0114. The molecule has 0 radical (unpaired) electrons. The Morgan fingerprint density at radius 1 is 1.17 bits per heavy atom. The van der Waals surface area contributed by atoms with Crippen LogP contribution in [-0.4, -0.2) is 12.7 Å². The van der Waals surface area contributed by atoms with Gasteiger partial charge in [-0.05, 0) is 37.8 Å². The number of aryl methyl sites for hydroxylation is 2. The summed E-state index contributed by atoms with van der Waals surface area (Å²) >= 11 is 0. The Balaban J connectivity index is 2.33. The van der Waals surface area contributed by atoms with Crippen molar-refractivity contribution in [2.75, 3.05) is 7.11 Å². The van der Waals surface area contributed by atoms with Gasteiger partial charge in [0.15, 0.2) is 0 Å². The van der Waals surface area contributed by atoms with Crippen molar-refractivity contribution in [3.05, 3.63) is 34.9 Å². The molecule has 1 saturated carbocycles. The number of hydrogen-bond donors (Lipinski definition) is 1. The molecular formula is C16H25NO. The minimum atomic E-state index is -0.156. The Bertz CT molecular complexity index is 408. The van der Waals surface area contributed by atoms with Crippen LogP contribution < -0.4 is 5.73 Å². The summed E-state index contributed by atoms with van der Waals surface area (Å²) in [5, 5.41) is 0. The molecule has 1 aliphatic rings. The molecule has 0 amide bonds. The Labute approximate surface area is 111 Å². The highest BCUT2D eigenvalue weighted by Gasteiger charge is 2.39. The summed E-state index contributed by atoms with van der Waals surface area (Å²) in [6, 6.07) is 6.51. The number of benzene rings is 1. The number of hydrogen-bond acceptors (Lipinski definition) is 2. The van der Waals surface area contributed by atoms with E-state index in [0.29, 0.717) is 0 Å². The summed E-state index contributed by atoms with van der Waals surface area (Å²) in [4.78, 5) is 0. The first-order chi connectivity index (χ1) is 8.59. The second-order valence-corrected chi connectivity index (χ2v) is 5.67. The van der Waals surface area contributed by atoms with E-state index in [9.17, 15) is 0 Å². The normalized spacial score (nSPS) is 20.7. The fraction of sp³-hybridized carbons (Fsp3) is 0.625. The van der Waals surface area contributed by atoms with Crippen LogP contribution >= 0.6 is 0 Å². The van der Waals surface area contributed by atoms with Crippen LogP contribution in [0, 0.1) is 13.8 Å². The lowest BCUT2D eigenvalue weighted by molar-refractivity contribution is -0.0596. The average molecular weight is 247 g/mol. The van der Waals surface area contributed by atoms with Gasteiger partial charge in [0.2, 0.25) is 0 Å². The van der Waals surface area contributed by atoms with Gasteiger partial charge in [0.05, 0.1) is 11.6 Å². The first-order valence-corrected chi connectivity index (χ1v) is 6.97. The molecule has 1 aromatic rings. The molecule has 0 heterocycles. The van der Waals surface area contributed by atoms with Crippen molar-refractivity contribution in [3.63, 3.8) is 0 Å². The van der Waals surface area contributed by atoms with E-state index in [-0.39, 0.29) is 11.6 Å². The fourth-order valence-corrected chi connectivity index (χ4v) is 3.17. The smallest absolute Gasteiger partial charge is 0.0870 e. The monoisotopic (exact) mass is 247 g/mol. The number of ether oxygens (including phenoxy) is 1. The van der Waals surface area contributed by atoms with Gasteiger partial charge in [0.25, 0.3) is 0 Å². The van der Waals surface area contributed by atoms with Gasteiger partial charge in [0.1, 0.15) is 0 Å². The summed E-state index contributed by atoms with van der Waals surface area (Å²) in [7, 11) is 1.82. The third-order valence-corrected chi connectivity index (χ3v) is 4.44. The van der Waals surface area contributed by atoms with E-state index < -0.39 is 0 Å². The van der Waals surface area contributed by atoms with E-state index in [0.717, 1.165) is 12.8 Å². The van der Waals surface area contributed by atoms with Crippen LogP contribution in [0.25, 0.3) is 0 Å². The molecule has 1 aromatic carbocycles. The van der Waals surface area contributed by atoms with Crippen LogP contribution in [0.1, 0.15) is 54.8 Å². The van der Waals surface area contributed by atoms with Crippen LogP contribution in [0.2, 0.25) is 0 Å². The van der Waals surface area contributed by atoms with E-state index in [1.165, 1.54) is 36.0 Å². The third-order valence-electron chi connectivity index (χ3n) is 4.44. The van der Waals surface area contributed by atoms with Crippen LogP contribution in [-0.2, 0) is 4.74 Å². The zero-order chi connectivity index (χ0) is 13.2. The molecule has 0 aromatic heterocycles. The molecule has 1 fully saturated rings. The predicted molar refractivity (Wildman–Crippen MR) is 75.7 cm³/mol. The molecule has 2 N–H and O–H groups in total. The number of rotatable bonds is 3. The molecule has 1 unspecified atom stereocenters. The molecule has 2 heteroatoms. The molecule has 0 spiro atoms. The lowest BCUT2D eigenvalue weighted by atomic mass is 9.76. The van der Waals surface area contributed by atoms with Crippen molar-refractivity contribution < 1.29 is 4.74 Å². The van der Waals surface area contributed by atoms with Gasteiger partial charge in [-0.15, -0.1) is 0 Å². The van der Waals surface area contributed by atoms with Crippen molar-refractivity contribution in [1.29, 1.82) is 0 Å². The Morgan fingerprint density at radius 3 is 2.44 bits per heavy atom. The number of methoxy groups -OCH3 is 1. The van der Waals surface area contributed by atoms with Crippen LogP contribution in [0.3, 0.4) is 0 Å². The first kappa shape index (κ1) is 13.6. The third kappa shape index (κ3) is 2.45. The molecule has 2 nitrogen and oxygen atoms in total. The van der Waals surface area contributed by atoms with Gasteiger partial charge < -0.3 is 10.5 Å². The van der Waals surface area contributed by atoms with Gasteiger partial charge in [-0.25, -0.2) is 0 Å². The summed E-state index contributed by atoms with van der Waals surface area (Å²) < 4.78 is 5.86. The van der Waals surface area contributed by atoms with Gasteiger partial charge in [-0.3, -0.25) is 0 Å². The summed E-state index contributed by atoms with van der Waals surface area (Å²) in [6.07, 6.45) is 5.93. The maximum absolute atomic E-state index is 6.56. The fourth-order valence-electron chi connectivity index (χ4n) is 3.17.